The van der Waals surface area contributed by atoms with Crippen molar-refractivity contribution in [3.05, 3.63) is 0 Å². The summed E-state index contributed by atoms with van der Waals surface area (Å²) < 4.78 is 0. The fourth-order valence-corrected chi connectivity index (χ4v) is 4.53. The van der Waals surface area contributed by atoms with Crippen LogP contribution in [0.3, 0.4) is 0 Å². The molecule has 1 heterocycles. The first kappa shape index (κ1) is 23.7. The summed E-state index contributed by atoms with van der Waals surface area (Å²) in [6, 6.07) is 1.12. The van der Waals surface area contributed by atoms with Crippen LogP contribution >= 0.6 is 24.0 Å². The van der Waals surface area contributed by atoms with Gasteiger partial charge >= 0.3 is 0 Å². The molecule has 3 fully saturated rings. The maximum atomic E-state index is 12.8. The Balaban J connectivity index is 0.00000280. The van der Waals surface area contributed by atoms with Gasteiger partial charge in [-0.05, 0) is 45.6 Å². The standard InChI is InChI=1S/C21H39N5O.HI/c1-3-22-21(23-13-15-25(4-2)19-10-11-19)24-18-12-14-26(16-18)20(27)17-8-6-5-7-9-17;/h17-19H,3-16H2,1-2H3,(H2,22,23,24);1H. The molecule has 2 saturated carbocycles. The van der Waals surface area contributed by atoms with Crippen molar-refractivity contribution in [2.24, 2.45) is 10.9 Å². The molecule has 0 aromatic heterocycles. The van der Waals surface area contributed by atoms with Gasteiger partial charge in [0.15, 0.2) is 5.96 Å². The minimum atomic E-state index is 0. The Bertz CT molecular complexity index is 505. The molecule has 7 heteroatoms. The SMILES string of the molecule is CCNC(=NCCN(CC)C1CC1)NC1CCN(C(=O)C2CCCCC2)C1.I. The highest BCUT2D eigenvalue weighted by molar-refractivity contribution is 14.0. The lowest BCUT2D eigenvalue weighted by Gasteiger charge is -2.26. The van der Waals surface area contributed by atoms with Crippen molar-refractivity contribution in [3.8, 4) is 0 Å². The van der Waals surface area contributed by atoms with Gasteiger partial charge in [-0.2, -0.15) is 0 Å². The first-order valence-electron chi connectivity index (χ1n) is 11.3. The van der Waals surface area contributed by atoms with Crippen LogP contribution in [0.2, 0.25) is 0 Å². The van der Waals surface area contributed by atoms with Crippen LogP contribution < -0.4 is 10.6 Å². The molecule has 0 spiro atoms. The molecule has 0 aromatic rings. The van der Waals surface area contributed by atoms with Gasteiger partial charge in [-0.1, -0.05) is 26.2 Å². The molecule has 0 radical (unpaired) electrons. The number of guanidine groups is 1. The van der Waals surface area contributed by atoms with E-state index in [0.717, 1.165) is 70.5 Å². The number of likely N-dealkylation sites (tertiary alicyclic amines) is 1. The van der Waals surface area contributed by atoms with Crippen molar-refractivity contribution in [2.45, 2.75) is 77.3 Å². The second kappa shape index (κ2) is 12.2. The minimum Gasteiger partial charge on any atom is -0.357 e. The Morgan fingerprint density at radius 2 is 1.86 bits per heavy atom. The monoisotopic (exact) mass is 505 g/mol. The molecule has 162 valence electrons. The molecule has 6 nitrogen and oxygen atoms in total. The minimum absolute atomic E-state index is 0. The van der Waals surface area contributed by atoms with E-state index < -0.39 is 0 Å². The third-order valence-corrected chi connectivity index (χ3v) is 6.27. The predicted octanol–water partition coefficient (Wildman–Crippen LogP) is 2.83. The van der Waals surface area contributed by atoms with E-state index in [9.17, 15) is 4.79 Å². The summed E-state index contributed by atoms with van der Waals surface area (Å²) >= 11 is 0. The van der Waals surface area contributed by atoms with E-state index in [1.807, 2.05) is 0 Å². The van der Waals surface area contributed by atoms with Crippen molar-refractivity contribution in [2.75, 3.05) is 39.3 Å². The molecule has 1 atom stereocenters. The zero-order chi connectivity index (χ0) is 19.1. The maximum absolute atomic E-state index is 12.8. The van der Waals surface area contributed by atoms with Crippen molar-refractivity contribution < 1.29 is 4.79 Å². The number of rotatable bonds is 8. The van der Waals surface area contributed by atoms with Crippen LogP contribution in [0.15, 0.2) is 4.99 Å². The van der Waals surface area contributed by atoms with Gasteiger partial charge in [0.25, 0.3) is 0 Å². The van der Waals surface area contributed by atoms with Gasteiger partial charge in [-0.25, -0.2) is 0 Å². The van der Waals surface area contributed by atoms with Gasteiger partial charge in [-0.3, -0.25) is 14.7 Å². The number of carbonyl (C=O) groups is 1. The molecular formula is C21H40IN5O. The van der Waals surface area contributed by atoms with Crippen LogP contribution in [-0.2, 0) is 4.79 Å². The largest absolute Gasteiger partial charge is 0.357 e. The highest BCUT2D eigenvalue weighted by Gasteiger charge is 2.32. The maximum Gasteiger partial charge on any atom is 0.225 e. The number of halogens is 1. The highest BCUT2D eigenvalue weighted by Crippen LogP contribution is 2.27. The van der Waals surface area contributed by atoms with E-state index in [2.05, 4.69) is 34.3 Å². The molecule has 0 aromatic carbocycles. The zero-order valence-corrected chi connectivity index (χ0v) is 20.1. The summed E-state index contributed by atoms with van der Waals surface area (Å²) in [5.41, 5.74) is 0. The fourth-order valence-electron chi connectivity index (χ4n) is 4.53. The molecule has 1 aliphatic heterocycles. The van der Waals surface area contributed by atoms with Crippen molar-refractivity contribution >= 4 is 35.8 Å². The molecule has 0 bridgehead atoms. The second-order valence-electron chi connectivity index (χ2n) is 8.37. The van der Waals surface area contributed by atoms with Gasteiger partial charge in [0, 0.05) is 44.2 Å². The number of hydrogen-bond donors (Lipinski definition) is 2. The first-order valence-corrected chi connectivity index (χ1v) is 11.3. The summed E-state index contributed by atoms with van der Waals surface area (Å²) in [6.45, 7) is 9.90. The number of amides is 1. The Morgan fingerprint density at radius 3 is 2.50 bits per heavy atom. The number of hydrogen-bond acceptors (Lipinski definition) is 3. The lowest BCUT2D eigenvalue weighted by atomic mass is 9.88. The summed E-state index contributed by atoms with van der Waals surface area (Å²) in [6.07, 6.45) is 9.64. The molecule has 1 saturated heterocycles. The lowest BCUT2D eigenvalue weighted by Crippen LogP contribution is -2.46. The number of aliphatic imine (C=N–C) groups is 1. The van der Waals surface area contributed by atoms with Crippen molar-refractivity contribution in [3.63, 3.8) is 0 Å². The lowest BCUT2D eigenvalue weighted by molar-refractivity contribution is -0.135. The van der Waals surface area contributed by atoms with Crippen molar-refractivity contribution in [1.29, 1.82) is 0 Å². The van der Waals surface area contributed by atoms with Gasteiger partial charge in [-0.15, -0.1) is 24.0 Å². The Kier molecular flexibility index (Phi) is 10.3. The van der Waals surface area contributed by atoms with E-state index in [1.54, 1.807) is 0 Å². The molecule has 1 amide bonds. The summed E-state index contributed by atoms with van der Waals surface area (Å²) in [5, 5.41) is 6.94. The molecule has 2 aliphatic carbocycles. The van der Waals surface area contributed by atoms with Crippen molar-refractivity contribution in [1.82, 2.24) is 20.4 Å². The molecule has 3 aliphatic rings. The summed E-state index contributed by atoms with van der Waals surface area (Å²) in [4.78, 5) is 22.2. The topological polar surface area (TPSA) is 60.0 Å². The average Bonchev–Trinajstić information content (AvgIpc) is 3.43. The van der Waals surface area contributed by atoms with Crippen LogP contribution in [0, 0.1) is 5.92 Å². The zero-order valence-electron chi connectivity index (χ0n) is 17.8. The fraction of sp³-hybridized carbons (Fsp3) is 0.905. The van der Waals surface area contributed by atoms with Gasteiger partial charge < -0.3 is 15.5 Å². The Hall–Kier alpha value is -0.570. The Morgan fingerprint density at radius 1 is 1.11 bits per heavy atom. The van der Waals surface area contributed by atoms with Crippen LogP contribution in [0.25, 0.3) is 0 Å². The van der Waals surface area contributed by atoms with Crippen LogP contribution in [0.4, 0.5) is 0 Å². The summed E-state index contributed by atoms with van der Waals surface area (Å²) in [7, 11) is 0. The third-order valence-electron chi connectivity index (χ3n) is 6.27. The normalized spacial score (nSPS) is 23.6. The quantitative estimate of drug-likeness (QED) is 0.303. The van der Waals surface area contributed by atoms with Gasteiger partial charge in [0.1, 0.15) is 0 Å². The molecule has 1 unspecified atom stereocenters. The van der Waals surface area contributed by atoms with Crippen LogP contribution in [-0.4, -0.2) is 73.0 Å². The average molecular weight is 505 g/mol. The second-order valence-corrected chi connectivity index (χ2v) is 8.37. The van der Waals surface area contributed by atoms with E-state index in [1.165, 1.54) is 32.1 Å². The number of nitrogens with one attached hydrogen (secondary N) is 2. The molecular weight excluding hydrogens is 465 g/mol. The van der Waals surface area contributed by atoms with Gasteiger partial charge in [0.2, 0.25) is 5.91 Å². The molecule has 28 heavy (non-hydrogen) atoms. The highest BCUT2D eigenvalue weighted by atomic mass is 127. The molecule has 3 rings (SSSR count). The number of carbonyl (C=O) groups excluding carboxylic acids is 1. The number of nitrogens with zero attached hydrogens (tertiary/aromatic N) is 3. The van der Waals surface area contributed by atoms with E-state index >= 15 is 0 Å². The third kappa shape index (κ3) is 7.04. The summed E-state index contributed by atoms with van der Waals surface area (Å²) in [5.74, 6) is 1.58. The van der Waals surface area contributed by atoms with Crippen LogP contribution in [0.1, 0.15) is 65.2 Å². The molecule has 2 N–H and O–H groups in total. The smallest absolute Gasteiger partial charge is 0.225 e. The number of likely N-dealkylation sites (N-methyl/N-ethyl adjacent to an activating group) is 1. The van der Waals surface area contributed by atoms with Gasteiger partial charge in [0.05, 0.1) is 6.54 Å². The van der Waals surface area contributed by atoms with E-state index in [4.69, 9.17) is 4.99 Å². The van der Waals surface area contributed by atoms with Crippen LogP contribution in [0.5, 0.6) is 0 Å². The first-order chi connectivity index (χ1) is 13.2. The Labute approximate surface area is 188 Å². The van der Waals surface area contributed by atoms with E-state index in [-0.39, 0.29) is 29.9 Å². The predicted molar refractivity (Wildman–Crippen MR) is 126 cm³/mol. The van der Waals surface area contributed by atoms with E-state index in [0.29, 0.717) is 11.9 Å².